The van der Waals surface area contributed by atoms with Crippen LogP contribution < -0.4 is 4.74 Å². The van der Waals surface area contributed by atoms with Crippen molar-refractivity contribution in [1.29, 1.82) is 5.26 Å². The second kappa shape index (κ2) is 3.94. The Morgan fingerprint density at radius 1 is 1.27 bits per heavy atom. The van der Waals surface area contributed by atoms with Crippen molar-refractivity contribution in [2.24, 2.45) is 0 Å². The van der Waals surface area contributed by atoms with Gasteiger partial charge in [-0.1, -0.05) is 31.0 Å². The van der Waals surface area contributed by atoms with Crippen molar-refractivity contribution >= 4 is 0 Å². The fourth-order valence-electron chi connectivity index (χ4n) is 2.46. The van der Waals surface area contributed by atoms with Crippen LogP contribution in [-0.4, -0.2) is 7.11 Å². The first-order valence-corrected chi connectivity index (χ1v) is 5.37. The maximum atomic E-state index is 9.38. The molecule has 0 N–H and O–H groups in total. The predicted molar refractivity (Wildman–Crippen MR) is 58.8 cm³/mol. The molecule has 0 aromatic heterocycles. The van der Waals surface area contributed by atoms with Crippen LogP contribution in [0.4, 0.5) is 0 Å². The van der Waals surface area contributed by atoms with E-state index in [-0.39, 0.29) is 5.41 Å². The van der Waals surface area contributed by atoms with E-state index in [9.17, 15) is 5.26 Å². The normalized spacial score (nSPS) is 18.4. The molecule has 0 atom stereocenters. The van der Waals surface area contributed by atoms with E-state index < -0.39 is 0 Å². The lowest BCUT2D eigenvalue weighted by Crippen LogP contribution is -2.20. The Morgan fingerprint density at radius 2 is 1.93 bits per heavy atom. The van der Waals surface area contributed by atoms with Crippen molar-refractivity contribution in [1.82, 2.24) is 0 Å². The Balaban J connectivity index is 2.47. The number of rotatable bonds is 2. The van der Waals surface area contributed by atoms with Crippen LogP contribution in [0.3, 0.4) is 0 Å². The molecule has 1 aromatic rings. The molecule has 0 radical (unpaired) electrons. The molecule has 2 heteroatoms. The van der Waals surface area contributed by atoms with Crippen molar-refractivity contribution in [3.63, 3.8) is 0 Å². The summed E-state index contributed by atoms with van der Waals surface area (Å²) in [6, 6.07) is 10.4. The molecule has 1 aromatic carbocycles. The van der Waals surface area contributed by atoms with Gasteiger partial charge in [0.2, 0.25) is 0 Å². The van der Waals surface area contributed by atoms with Gasteiger partial charge in [0, 0.05) is 5.56 Å². The van der Waals surface area contributed by atoms with Crippen LogP contribution >= 0.6 is 0 Å². The lowest BCUT2D eigenvalue weighted by Gasteiger charge is -2.22. The molecular weight excluding hydrogens is 186 g/mol. The Kier molecular flexibility index (Phi) is 2.64. The summed E-state index contributed by atoms with van der Waals surface area (Å²) in [7, 11) is 1.67. The minimum absolute atomic E-state index is 0.299. The summed E-state index contributed by atoms with van der Waals surface area (Å²) < 4.78 is 5.33. The third-order valence-electron chi connectivity index (χ3n) is 3.29. The van der Waals surface area contributed by atoms with E-state index in [1.165, 1.54) is 0 Å². The molecule has 2 nitrogen and oxygen atoms in total. The van der Waals surface area contributed by atoms with Gasteiger partial charge in [0.1, 0.15) is 5.75 Å². The van der Waals surface area contributed by atoms with Gasteiger partial charge in [-0.2, -0.15) is 5.26 Å². The standard InChI is InChI=1S/C13H15NO/c1-15-12-7-3-2-6-11(12)13(10-14)8-4-5-9-13/h2-3,6-7H,4-5,8-9H2,1H3. The topological polar surface area (TPSA) is 33.0 Å². The van der Waals surface area contributed by atoms with E-state index in [1.54, 1.807) is 7.11 Å². The zero-order valence-electron chi connectivity index (χ0n) is 8.99. The summed E-state index contributed by atoms with van der Waals surface area (Å²) in [5.41, 5.74) is 0.763. The van der Waals surface area contributed by atoms with E-state index in [2.05, 4.69) is 6.07 Å². The van der Waals surface area contributed by atoms with Crippen molar-refractivity contribution in [2.75, 3.05) is 7.11 Å². The van der Waals surface area contributed by atoms with Crippen molar-refractivity contribution in [3.8, 4) is 11.8 Å². The molecule has 2 rings (SSSR count). The number of hydrogen-bond acceptors (Lipinski definition) is 2. The first-order chi connectivity index (χ1) is 7.32. The molecular formula is C13H15NO. The number of nitrogens with zero attached hydrogens (tertiary/aromatic N) is 1. The van der Waals surface area contributed by atoms with Gasteiger partial charge in [0.15, 0.2) is 0 Å². The molecule has 1 aliphatic carbocycles. The van der Waals surface area contributed by atoms with Crippen LogP contribution in [0.25, 0.3) is 0 Å². The van der Waals surface area contributed by atoms with Crippen LogP contribution in [0.5, 0.6) is 5.75 Å². The highest BCUT2D eigenvalue weighted by Crippen LogP contribution is 2.43. The summed E-state index contributed by atoms with van der Waals surface area (Å²) in [6.07, 6.45) is 4.21. The molecule has 1 fully saturated rings. The fourth-order valence-corrected chi connectivity index (χ4v) is 2.46. The van der Waals surface area contributed by atoms with Crippen molar-refractivity contribution in [2.45, 2.75) is 31.1 Å². The highest BCUT2D eigenvalue weighted by atomic mass is 16.5. The van der Waals surface area contributed by atoms with E-state index in [1.807, 2.05) is 24.3 Å². The Bertz CT molecular complexity index is 386. The van der Waals surface area contributed by atoms with Gasteiger partial charge < -0.3 is 4.74 Å². The molecule has 0 saturated heterocycles. The summed E-state index contributed by atoms with van der Waals surface area (Å²) in [5.74, 6) is 0.848. The second-order valence-corrected chi connectivity index (χ2v) is 4.10. The highest BCUT2D eigenvalue weighted by molar-refractivity contribution is 5.44. The number of ether oxygens (including phenoxy) is 1. The molecule has 0 aliphatic heterocycles. The van der Waals surface area contributed by atoms with Gasteiger partial charge in [0.05, 0.1) is 18.6 Å². The molecule has 0 spiro atoms. The van der Waals surface area contributed by atoms with Gasteiger partial charge in [-0.25, -0.2) is 0 Å². The van der Waals surface area contributed by atoms with Gasteiger partial charge in [-0.05, 0) is 18.9 Å². The summed E-state index contributed by atoms with van der Waals surface area (Å²) >= 11 is 0. The Morgan fingerprint density at radius 3 is 2.53 bits per heavy atom. The molecule has 0 unspecified atom stereocenters. The average Bonchev–Trinajstić information content (AvgIpc) is 2.79. The number of para-hydroxylation sites is 1. The molecule has 0 heterocycles. The fraction of sp³-hybridized carbons (Fsp3) is 0.462. The molecule has 15 heavy (non-hydrogen) atoms. The van der Waals surface area contributed by atoms with Crippen LogP contribution in [0.15, 0.2) is 24.3 Å². The van der Waals surface area contributed by atoms with Crippen LogP contribution in [0, 0.1) is 11.3 Å². The number of benzene rings is 1. The Labute approximate surface area is 90.5 Å². The number of methoxy groups -OCH3 is 1. The largest absolute Gasteiger partial charge is 0.496 e. The van der Waals surface area contributed by atoms with E-state index in [4.69, 9.17) is 4.74 Å². The molecule has 78 valence electrons. The van der Waals surface area contributed by atoms with E-state index in [0.29, 0.717) is 0 Å². The first kappa shape index (κ1) is 10.0. The smallest absolute Gasteiger partial charge is 0.123 e. The van der Waals surface area contributed by atoms with Gasteiger partial charge in [0.25, 0.3) is 0 Å². The SMILES string of the molecule is COc1ccccc1C1(C#N)CCCC1. The maximum Gasteiger partial charge on any atom is 0.123 e. The first-order valence-electron chi connectivity index (χ1n) is 5.37. The predicted octanol–water partition coefficient (Wildman–Crippen LogP) is 3.03. The maximum absolute atomic E-state index is 9.38. The Hall–Kier alpha value is -1.49. The second-order valence-electron chi connectivity index (χ2n) is 4.10. The van der Waals surface area contributed by atoms with Crippen molar-refractivity contribution in [3.05, 3.63) is 29.8 Å². The lowest BCUT2D eigenvalue weighted by atomic mass is 9.80. The van der Waals surface area contributed by atoms with E-state index >= 15 is 0 Å². The van der Waals surface area contributed by atoms with Crippen LogP contribution in [-0.2, 0) is 5.41 Å². The minimum atomic E-state index is -0.299. The van der Waals surface area contributed by atoms with Gasteiger partial charge in [-0.15, -0.1) is 0 Å². The van der Waals surface area contributed by atoms with Crippen molar-refractivity contribution < 1.29 is 4.74 Å². The molecule has 1 saturated carbocycles. The molecule has 1 aliphatic rings. The highest BCUT2D eigenvalue weighted by Gasteiger charge is 2.37. The average molecular weight is 201 g/mol. The zero-order chi connectivity index (χ0) is 10.7. The third kappa shape index (κ3) is 1.59. The summed E-state index contributed by atoms with van der Waals surface area (Å²) in [4.78, 5) is 0. The molecule has 0 bridgehead atoms. The number of nitriles is 1. The third-order valence-corrected chi connectivity index (χ3v) is 3.29. The number of hydrogen-bond donors (Lipinski definition) is 0. The van der Waals surface area contributed by atoms with Gasteiger partial charge >= 0.3 is 0 Å². The van der Waals surface area contributed by atoms with Crippen LogP contribution in [0.1, 0.15) is 31.2 Å². The summed E-state index contributed by atoms with van der Waals surface area (Å²) in [6.45, 7) is 0. The zero-order valence-corrected chi connectivity index (χ0v) is 8.99. The lowest BCUT2D eigenvalue weighted by molar-refractivity contribution is 0.397. The quantitative estimate of drug-likeness (QED) is 0.736. The summed E-state index contributed by atoms with van der Waals surface area (Å²) in [5, 5.41) is 9.38. The van der Waals surface area contributed by atoms with Gasteiger partial charge in [-0.3, -0.25) is 0 Å². The van der Waals surface area contributed by atoms with E-state index in [0.717, 1.165) is 37.0 Å². The van der Waals surface area contributed by atoms with Crippen LogP contribution in [0.2, 0.25) is 0 Å². The molecule has 0 amide bonds. The monoisotopic (exact) mass is 201 g/mol. The minimum Gasteiger partial charge on any atom is -0.496 e.